The molecule has 0 saturated heterocycles. The van der Waals surface area contributed by atoms with Gasteiger partial charge in [0.25, 0.3) is 5.91 Å². The van der Waals surface area contributed by atoms with Gasteiger partial charge in [-0.25, -0.2) is 5.43 Å². The van der Waals surface area contributed by atoms with Gasteiger partial charge in [0.05, 0.1) is 6.21 Å². The molecule has 0 spiro atoms. The minimum atomic E-state index is -0.307. The quantitative estimate of drug-likeness (QED) is 0.583. The van der Waals surface area contributed by atoms with E-state index in [-0.39, 0.29) is 11.7 Å². The normalized spacial score (nSPS) is 10.8. The minimum Gasteiger partial charge on any atom is -0.507 e. The molecule has 126 valence electrons. The summed E-state index contributed by atoms with van der Waals surface area (Å²) in [5, 5.41) is 14.0. The third-order valence-electron chi connectivity index (χ3n) is 3.62. The van der Waals surface area contributed by atoms with Crippen LogP contribution in [0.5, 0.6) is 5.75 Å². The maximum atomic E-state index is 11.9. The van der Waals surface area contributed by atoms with Gasteiger partial charge >= 0.3 is 0 Å². The third kappa shape index (κ3) is 4.58. The highest BCUT2D eigenvalue weighted by Crippen LogP contribution is 2.23. The van der Waals surface area contributed by atoms with E-state index in [0.717, 1.165) is 23.2 Å². The maximum absolute atomic E-state index is 11.9. The molecule has 0 bridgehead atoms. The zero-order valence-electron chi connectivity index (χ0n) is 13.7. The summed E-state index contributed by atoms with van der Waals surface area (Å²) in [5.41, 5.74) is 4.45. The average Bonchev–Trinajstić information content (AvgIpc) is 2.58. The van der Waals surface area contributed by atoms with E-state index in [1.807, 2.05) is 6.07 Å². The Morgan fingerprint density at radius 2 is 1.88 bits per heavy atom. The van der Waals surface area contributed by atoms with Gasteiger partial charge in [0, 0.05) is 40.4 Å². The zero-order valence-corrected chi connectivity index (χ0v) is 15.2. The van der Waals surface area contributed by atoms with Crippen LogP contribution in [-0.2, 0) is 0 Å². The first-order chi connectivity index (χ1) is 11.5. The van der Waals surface area contributed by atoms with Crippen LogP contribution < -0.4 is 10.3 Å². The van der Waals surface area contributed by atoms with Crippen molar-refractivity contribution >= 4 is 33.7 Å². The van der Waals surface area contributed by atoms with Gasteiger partial charge < -0.3 is 10.0 Å². The van der Waals surface area contributed by atoms with Crippen molar-refractivity contribution < 1.29 is 9.90 Å². The van der Waals surface area contributed by atoms with Crippen molar-refractivity contribution in [1.29, 1.82) is 0 Å². The van der Waals surface area contributed by atoms with Gasteiger partial charge in [-0.05, 0) is 50.2 Å². The molecule has 0 radical (unpaired) electrons. The van der Waals surface area contributed by atoms with Crippen molar-refractivity contribution in [1.82, 2.24) is 5.43 Å². The summed E-state index contributed by atoms with van der Waals surface area (Å²) in [7, 11) is 0. The fourth-order valence-electron chi connectivity index (χ4n) is 2.25. The Kier molecular flexibility index (Phi) is 6.37. The molecule has 2 aromatic carbocycles. The molecule has 0 aromatic heterocycles. The summed E-state index contributed by atoms with van der Waals surface area (Å²) >= 11 is 3.32. The molecule has 6 heteroatoms. The van der Waals surface area contributed by atoms with Crippen molar-refractivity contribution in [3.63, 3.8) is 0 Å². The highest BCUT2D eigenvalue weighted by atomic mass is 79.9. The molecule has 0 aliphatic carbocycles. The Hall–Kier alpha value is -2.34. The largest absolute Gasteiger partial charge is 0.507 e. The second-order valence-corrected chi connectivity index (χ2v) is 6.04. The predicted molar refractivity (Wildman–Crippen MR) is 101 cm³/mol. The van der Waals surface area contributed by atoms with Crippen LogP contribution in [0.25, 0.3) is 0 Å². The van der Waals surface area contributed by atoms with Gasteiger partial charge in [-0.15, -0.1) is 0 Å². The summed E-state index contributed by atoms with van der Waals surface area (Å²) < 4.78 is 0.903. The van der Waals surface area contributed by atoms with Crippen LogP contribution in [0.1, 0.15) is 29.8 Å². The first-order valence-corrected chi connectivity index (χ1v) is 8.51. The van der Waals surface area contributed by atoms with Crippen LogP contribution in [0.2, 0.25) is 0 Å². The highest BCUT2D eigenvalue weighted by molar-refractivity contribution is 9.10. The molecule has 2 rings (SSSR count). The molecular weight excluding hydrogens is 370 g/mol. The number of nitrogens with zero attached hydrogens (tertiary/aromatic N) is 2. The van der Waals surface area contributed by atoms with Gasteiger partial charge in [0.15, 0.2) is 0 Å². The molecule has 0 heterocycles. The van der Waals surface area contributed by atoms with Crippen molar-refractivity contribution in [2.24, 2.45) is 5.10 Å². The number of halogens is 1. The van der Waals surface area contributed by atoms with Crippen LogP contribution in [0.15, 0.2) is 52.0 Å². The van der Waals surface area contributed by atoms with E-state index in [0.29, 0.717) is 11.1 Å². The number of anilines is 1. The molecule has 0 aliphatic rings. The van der Waals surface area contributed by atoms with Gasteiger partial charge in [0.1, 0.15) is 5.75 Å². The zero-order chi connectivity index (χ0) is 17.5. The van der Waals surface area contributed by atoms with Gasteiger partial charge in [-0.3, -0.25) is 4.79 Å². The molecular formula is C18H20BrN3O2. The molecule has 0 saturated carbocycles. The van der Waals surface area contributed by atoms with Gasteiger partial charge in [0.2, 0.25) is 0 Å². The molecule has 0 aliphatic heterocycles. The van der Waals surface area contributed by atoms with Gasteiger partial charge in [-0.2, -0.15) is 5.10 Å². The van der Waals surface area contributed by atoms with E-state index in [4.69, 9.17) is 0 Å². The Bertz CT molecular complexity index is 726. The second kappa shape index (κ2) is 8.49. The molecule has 5 nitrogen and oxygen atoms in total. The summed E-state index contributed by atoms with van der Waals surface area (Å²) in [4.78, 5) is 14.1. The number of phenolic OH excluding ortho intramolecular Hbond substituents is 1. The number of carbonyl (C=O) groups is 1. The van der Waals surface area contributed by atoms with Crippen LogP contribution >= 0.6 is 15.9 Å². The number of aromatic hydroxyl groups is 1. The molecule has 24 heavy (non-hydrogen) atoms. The van der Waals surface area contributed by atoms with E-state index in [9.17, 15) is 9.90 Å². The molecule has 0 atom stereocenters. The number of nitrogens with one attached hydrogen (secondary N) is 1. The molecule has 0 unspecified atom stereocenters. The Morgan fingerprint density at radius 3 is 2.46 bits per heavy atom. The number of hydrogen-bond donors (Lipinski definition) is 2. The van der Waals surface area contributed by atoms with E-state index in [1.165, 1.54) is 6.21 Å². The SMILES string of the molecule is CCN(CC)c1ccc(/C=N/NC(=O)c2ccc(Br)cc2)c(O)c1. The number of benzene rings is 2. The van der Waals surface area contributed by atoms with Crippen molar-refractivity contribution in [2.45, 2.75) is 13.8 Å². The van der Waals surface area contributed by atoms with Crippen LogP contribution in [0.4, 0.5) is 5.69 Å². The predicted octanol–water partition coefficient (Wildman–Crippen LogP) is 3.76. The lowest BCUT2D eigenvalue weighted by Crippen LogP contribution is -2.21. The summed E-state index contributed by atoms with van der Waals surface area (Å²) in [6, 6.07) is 12.4. The van der Waals surface area contributed by atoms with Crippen molar-refractivity contribution in [3.05, 3.63) is 58.1 Å². The molecule has 2 aromatic rings. The first kappa shape index (κ1) is 18.0. The number of amides is 1. The highest BCUT2D eigenvalue weighted by Gasteiger charge is 2.06. The number of hydrogen-bond acceptors (Lipinski definition) is 4. The Labute approximate surface area is 150 Å². The smallest absolute Gasteiger partial charge is 0.271 e. The van der Waals surface area contributed by atoms with Crippen LogP contribution in [0.3, 0.4) is 0 Å². The summed E-state index contributed by atoms with van der Waals surface area (Å²) in [6.07, 6.45) is 1.43. The van der Waals surface area contributed by atoms with Crippen LogP contribution in [-0.4, -0.2) is 30.3 Å². The lowest BCUT2D eigenvalue weighted by molar-refractivity contribution is 0.0955. The minimum absolute atomic E-state index is 0.126. The summed E-state index contributed by atoms with van der Waals surface area (Å²) in [5.74, 6) is -0.181. The maximum Gasteiger partial charge on any atom is 0.271 e. The Balaban J connectivity index is 2.03. The number of carbonyl (C=O) groups excluding carboxylic acids is 1. The fourth-order valence-corrected chi connectivity index (χ4v) is 2.52. The van der Waals surface area contributed by atoms with E-state index in [2.05, 4.69) is 45.2 Å². The number of phenols is 1. The average molecular weight is 390 g/mol. The van der Waals surface area contributed by atoms with Crippen LogP contribution in [0, 0.1) is 0 Å². The third-order valence-corrected chi connectivity index (χ3v) is 4.15. The van der Waals surface area contributed by atoms with E-state index in [1.54, 1.807) is 36.4 Å². The fraction of sp³-hybridized carbons (Fsp3) is 0.222. The van der Waals surface area contributed by atoms with Crippen molar-refractivity contribution in [2.75, 3.05) is 18.0 Å². The topological polar surface area (TPSA) is 64.9 Å². The number of hydrazone groups is 1. The number of rotatable bonds is 6. The summed E-state index contributed by atoms with van der Waals surface area (Å²) in [6.45, 7) is 5.86. The lowest BCUT2D eigenvalue weighted by Gasteiger charge is -2.21. The lowest BCUT2D eigenvalue weighted by atomic mass is 10.2. The van der Waals surface area contributed by atoms with Crippen molar-refractivity contribution in [3.8, 4) is 5.75 Å². The monoisotopic (exact) mass is 389 g/mol. The first-order valence-electron chi connectivity index (χ1n) is 7.72. The van der Waals surface area contributed by atoms with Gasteiger partial charge in [-0.1, -0.05) is 15.9 Å². The molecule has 2 N–H and O–H groups in total. The molecule has 1 amide bonds. The van der Waals surface area contributed by atoms with E-state index < -0.39 is 0 Å². The second-order valence-electron chi connectivity index (χ2n) is 5.12. The Morgan fingerprint density at radius 1 is 1.21 bits per heavy atom. The molecule has 0 fully saturated rings. The van der Waals surface area contributed by atoms with E-state index >= 15 is 0 Å². The standard InChI is InChI=1S/C18H20BrN3O2/c1-3-22(4-2)16-10-7-14(17(23)11-16)12-20-21-18(24)13-5-8-15(19)9-6-13/h5-12,23H,3-4H2,1-2H3,(H,21,24)/b20-12+.